The second kappa shape index (κ2) is 21.8. The minimum absolute atomic E-state index is 0.206. The first-order chi connectivity index (χ1) is 23.2. The molecule has 48 heavy (non-hydrogen) atoms. The first-order valence-electron chi connectivity index (χ1n) is 15.4. The van der Waals surface area contributed by atoms with Crippen LogP contribution in [-0.2, 0) is 22.7 Å². The third-order valence-electron chi connectivity index (χ3n) is 7.47. The van der Waals surface area contributed by atoms with E-state index in [-0.39, 0.29) is 5.92 Å². The summed E-state index contributed by atoms with van der Waals surface area (Å²) in [6, 6.07) is 26.4. The standard InChI is InChI=1S/C20H22O6P2.C8H14O2.C6H5ClO2P/c1-2-16-13-14-19(25-27(21)23-17-9-5-3-6-10-17)20(15-16)26-28(22)24-18-11-7-4-8-12-18;1-2-6-3-4-7(9)8(10)5-6;7-10(8)9-6-4-2-1-3-5-6/h2-12,16,19-20H,1,13-15H2;2,6-10H,1,3-5H2;1-5H/q+2;;+1. The fourth-order valence-electron chi connectivity index (χ4n) is 4.92. The molecule has 256 valence electrons. The number of para-hydroxylation sites is 3. The number of aliphatic hydroxyl groups excluding tert-OH is 2. The highest BCUT2D eigenvalue weighted by atomic mass is 35.7. The number of hydrogen-bond donors (Lipinski definition) is 2. The SMILES string of the molecule is C=CC1CCC(O)C(O)C1.C=CC1CCC(O[P+](=O)Oc2ccccc2)C(O[P+](=O)Oc2ccccc2)C1.O=[P+](Cl)Oc1ccccc1. The number of aliphatic hydroxyl groups is 2. The third-order valence-corrected chi connectivity index (χ3v) is 9.64. The molecule has 5 rings (SSSR count). The van der Waals surface area contributed by atoms with E-state index in [9.17, 15) is 18.8 Å². The van der Waals surface area contributed by atoms with Crippen LogP contribution in [0.4, 0.5) is 0 Å². The Labute approximate surface area is 289 Å². The molecule has 3 aromatic rings. The van der Waals surface area contributed by atoms with E-state index in [0.29, 0.717) is 48.8 Å². The molecule has 2 N–H and O–H groups in total. The minimum atomic E-state index is -2.40. The lowest BCUT2D eigenvalue weighted by Crippen LogP contribution is -2.35. The molecule has 0 heterocycles. The van der Waals surface area contributed by atoms with Gasteiger partial charge >= 0.3 is 23.9 Å². The van der Waals surface area contributed by atoms with Crippen LogP contribution in [0.25, 0.3) is 0 Å². The third kappa shape index (κ3) is 15.0. The minimum Gasteiger partial charge on any atom is -0.390 e. The molecule has 3 aromatic carbocycles. The number of rotatable bonds is 12. The van der Waals surface area contributed by atoms with Crippen molar-refractivity contribution < 1.29 is 46.5 Å². The highest BCUT2D eigenvalue weighted by molar-refractivity contribution is 7.70. The Hall–Kier alpha value is -3.03. The summed E-state index contributed by atoms with van der Waals surface area (Å²) < 4.78 is 61.5. The average Bonchev–Trinajstić information content (AvgIpc) is 3.08. The largest absolute Gasteiger partial charge is 0.750 e. The molecular formula is C34H41ClO10P3+3. The molecule has 0 aromatic heterocycles. The molecule has 2 aliphatic rings. The van der Waals surface area contributed by atoms with Crippen molar-refractivity contribution in [1.29, 1.82) is 0 Å². The van der Waals surface area contributed by atoms with Crippen LogP contribution in [0, 0.1) is 11.8 Å². The van der Waals surface area contributed by atoms with E-state index in [1.807, 2.05) is 30.4 Å². The summed E-state index contributed by atoms with van der Waals surface area (Å²) in [7, 11) is -6.85. The van der Waals surface area contributed by atoms with Crippen molar-refractivity contribution in [3.63, 3.8) is 0 Å². The predicted octanol–water partition coefficient (Wildman–Crippen LogP) is 9.87. The van der Waals surface area contributed by atoms with Crippen molar-refractivity contribution >= 4 is 35.1 Å². The Bertz CT molecular complexity index is 1430. The van der Waals surface area contributed by atoms with E-state index >= 15 is 0 Å². The summed E-state index contributed by atoms with van der Waals surface area (Å²) in [5.41, 5.74) is 0. The van der Waals surface area contributed by atoms with Crippen molar-refractivity contribution in [3.05, 3.63) is 116 Å². The summed E-state index contributed by atoms with van der Waals surface area (Å²) in [5, 5.41) is 18.3. The lowest BCUT2D eigenvalue weighted by Gasteiger charge is -2.27. The molecule has 0 amide bonds. The lowest BCUT2D eigenvalue weighted by atomic mass is 9.85. The summed E-state index contributed by atoms with van der Waals surface area (Å²) in [4.78, 5) is 0. The van der Waals surface area contributed by atoms with Gasteiger partial charge in [-0.25, -0.2) is 13.6 Å². The van der Waals surface area contributed by atoms with E-state index in [1.54, 1.807) is 72.8 Å². The van der Waals surface area contributed by atoms with Gasteiger partial charge in [-0.2, -0.15) is 0 Å². The fourth-order valence-corrected chi connectivity index (χ4v) is 7.02. The van der Waals surface area contributed by atoms with Crippen molar-refractivity contribution in [2.24, 2.45) is 11.8 Å². The van der Waals surface area contributed by atoms with Gasteiger partial charge in [0.15, 0.2) is 17.2 Å². The zero-order valence-electron chi connectivity index (χ0n) is 26.3. The maximum absolute atomic E-state index is 12.3. The Balaban J connectivity index is 0.000000253. The van der Waals surface area contributed by atoms with Crippen LogP contribution in [0.5, 0.6) is 17.2 Å². The summed E-state index contributed by atoms with van der Waals surface area (Å²) >= 11 is 5.10. The molecule has 0 spiro atoms. The number of allylic oxidation sites excluding steroid dienone is 2. The van der Waals surface area contributed by atoms with E-state index < -0.39 is 48.3 Å². The van der Waals surface area contributed by atoms with Crippen molar-refractivity contribution in [2.75, 3.05) is 0 Å². The summed E-state index contributed by atoms with van der Waals surface area (Å²) in [5.74, 6) is 2.05. The van der Waals surface area contributed by atoms with Crippen molar-refractivity contribution in [3.8, 4) is 17.2 Å². The van der Waals surface area contributed by atoms with Crippen LogP contribution in [0.2, 0.25) is 0 Å². The number of hydrogen-bond acceptors (Lipinski definition) is 10. The molecule has 2 saturated carbocycles. The van der Waals surface area contributed by atoms with Gasteiger partial charge in [-0.3, -0.25) is 0 Å². The first kappa shape index (κ1) is 39.4. The molecule has 2 aliphatic carbocycles. The van der Waals surface area contributed by atoms with Crippen LogP contribution in [0.1, 0.15) is 38.5 Å². The summed E-state index contributed by atoms with van der Waals surface area (Å²) in [6.07, 6.45) is 5.92. The van der Waals surface area contributed by atoms with Crippen LogP contribution >= 0.6 is 35.1 Å². The second-order valence-electron chi connectivity index (χ2n) is 10.9. The van der Waals surface area contributed by atoms with Gasteiger partial charge in [-0.1, -0.05) is 66.7 Å². The van der Waals surface area contributed by atoms with Crippen LogP contribution in [-0.4, -0.2) is 34.6 Å². The molecule has 10 nitrogen and oxygen atoms in total. The lowest BCUT2D eigenvalue weighted by molar-refractivity contribution is -0.0188. The van der Waals surface area contributed by atoms with Gasteiger partial charge in [0.25, 0.3) is 11.2 Å². The molecule has 0 bridgehead atoms. The molecule has 0 saturated heterocycles. The molecule has 0 radical (unpaired) electrons. The Morgan fingerprint density at radius 1 is 0.583 bits per heavy atom. The van der Waals surface area contributed by atoms with Gasteiger partial charge in [0, 0.05) is 13.7 Å². The summed E-state index contributed by atoms with van der Waals surface area (Å²) in [6.45, 7) is 7.48. The normalized spacial score (nSPS) is 24.1. The fraction of sp³-hybridized carbons (Fsp3) is 0.353. The molecule has 0 aliphatic heterocycles. The molecule has 9 atom stereocenters. The zero-order chi connectivity index (χ0) is 34.7. The Morgan fingerprint density at radius 2 is 1.00 bits per heavy atom. The first-order valence-corrected chi connectivity index (χ1v) is 19.7. The van der Waals surface area contributed by atoms with Crippen LogP contribution in [0.3, 0.4) is 0 Å². The van der Waals surface area contributed by atoms with Gasteiger partial charge in [0.2, 0.25) is 0 Å². The molecule has 14 heteroatoms. The van der Waals surface area contributed by atoms with E-state index in [2.05, 4.69) is 17.7 Å². The van der Waals surface area contributed by atoms with E-state index in [1.165, 1.54) is 0 Å². The highest BCUT2D eigenvalue weighted by Crippen LogP contribution is 2.41. The van der Waals surface area contributed by atoms with Gasteiger partial charge in [-0.15, -0.1) is 22.2 Å². The molecule has 9 unspecified atom stereocenters. The topological polar surface area (TPSA) is 138 Å². The quantitative estimate of drug-likeness (QED) is 0.136. The zero-order valence-corrected chi connectivity index (χ0v) is 29.8. The van der Waals surface area contributed by atoms with Crippen molar-refractivity contribution in [1.82, 2.24) is 0 Å². The maximum atomic E-state index is 12.3. The monoisotopic (exact) mass is 737 g/mol. The van der Waals surface area contributed by atoms with E-state index in [4.69, 9.17) is 34.4 Å². The highest BCUT2D eigenvalue weighted by Gasteiger charge is 2.44. The average molecular weight is 738 g/mol. The maximum Gasteiger partial charge on any atom is 0.750 e. The molecular weight excluding hydrogens is 697 g/mol. The second-order valence-corrected chi connectivity index (χ2v) is 14.0. The smallest absolute Gasteiger partial charge is 0.390 e. The Kier molecular flexibility index (Phi) is 17.9. The van der Waals surface area contributed by atoms with Crippen LogP contribution in [0.15, 0.2) is 116 Å². The van der Waals surface area contributed by atoms with Gasteiger partial charge in [0.05, 0.1) is 12.2 Å². The van der Waals surface area contributed by atoms with E-state index in [0.717, 1.165) is 12.8 Å². The van der Waals surface area contributed by atoms with Crippen LogP contribution < -0.4 is 13.6 Å². The van der Waals surface area contributed by atoms with Gasteiger partial charge < -0.3 is 10.2 Å². The van der Waals surface area contributed by atoms with Gasteiger partial charge in [-0.05, 0) is 86.8 Å². The molecule has 2 fully saturated rings. The predicted molar refractivity (Wildman–Crippen MR) is 187 cm³/mol. The number of halogens is 1. The Morgan fingerprint density at radius 3 is 1.44 bits per heavy atom. The number of benzene rings is 3. The van der Waals surface area contributed by atoms with Crippen molar-refractivity contribution in [2.45, 2.75) is 62.9 Å². The van der Waals surface area contributed by atoms with Gasteiger partial charge in [0.1, 0.15) is 12.2 Å².